The summed E-state index contributed by atoms with van der Waals surface area (Å²) in [4.78, 5) is 16.8. The van der Waals surface area contributed by atoms with E-state index < -0.39 is 0 Å². The zero-order valence-corrected chi connectivity index (χ0v) is 12.0. The molecule has 1 aliphatic carbocycles. The van der Waals surface area contributed by atoms with Gasteiger partial charge >= 0.3 is 0 Å². The molecule has 3 aliphatic rings. The lowest BCUT2D eigenvalue weighted by molar-refractivity contribution is -0.134. The highest BCUT2D eigenvalue weighted by Gasteiger charge is 2.58. The number of rotatable bonds is 4. The minimum atomic E-state index is -0.194. The van der Waals surface area contributed by atoms with Gasteiger partial charge in [-0.25, -0.2) is 0 Å². The van der Waals surface area contributed by atoms with Crippen molar-refractivity contribution in [1.29, 1.82) is 0 Å². The van der Waals surface area contributed by atoms with Crippen LogP contribution < -0.4 is 5.32 Å². The smallest absolute Gasteiger partial charge is 0.244 e. The molecule has 2 heterocycles. The molecule has 108 valence electrons. The van der Waals surface area contributed by atoms with Gasteiger partial charge in [-0.3, -0.25) is 10.1 Å². The Morgan fingerprint density at radius 2 is 2.26 bits per heavy atom. The van der Waals surface area contributed by atoms with Crippen LogP contribution in [0.1, 0.15) is 32.6 Å². The minimum Gasteiger partial charge on any atom is -0.374 e. The van der Waals surface area contributed by atoms with Gasteiger partial charge in [-0.2, -0.15) is 0 Å². The summed E-state index contributed by atoms with van der Waals surface area (Å²) in [5, 5.41) is 3.55. The van der Waals surface area contributed by atoms with E-state index in [1.54, 1.807) is 0 Å². The van der Waals surface area contributed by atoms with Gasteiger partial charge in [0.15, 0.2) is 0 Å². The lowest BCUT2D eigenvalue weighted by atomic mass is 10.2. The molecule has 1 N–H and O–H groups in total. The summed E-state index contributed by atoms with van der Waals surface area (Å²) in [6.45, 7) is 5.61. The monoisotopic (exact) mass is 267 g/mol. The Morgan fingerprint density at radius 3 is 2.89 bits per heavy atom. The number of morpholine rings is 1. The summed E-state index contributed by atoms with van der Waals surface area (Å²) in [5.74, 6) is 0.308. The van der Waals surface area contributed by atoms with Gasteiger partial charge in [-0.1, -0.05) is 13.3 Å². The van der Waals surface area contributed by atoms with Crippen molar-refractivity contribution in [3.8, 4) is 0 Å². The van der Waals surface area contributed by atoms with Gasteiger partial charge in [-0.15, -0.1) is 0 Å². The molecule has 0 aromatic heterocycles. The first kappa shape index (κ1) is 13.3. The summed E-state index contributed by atoms with van der Waals surface area (Å²) in [6, 6.07) is 0. The Morgan fingerprint density at radius 1 is 1.47 bits per heavy atom. The van der Waals surface area contributed by atoms with Gasteiger partial charge < -0.3 is 14.5 Å². The van der Waals surface area contributed by atoms with Crippen LogP contribution in [0.5, 0.6) is 0 Å². The largest absolute Gasteiger partial charge is 0.374 e. The van der Waals surface area contributed by atoms with E-state index in [1.165, 1.54) is 0 Å². The molecule has 0 aromatic rings. The fraction of sp³-hybridized carbons (Fsp3) is 0.929. The lowest BCUT2D eigenvalue weighted by Crippen LogP contribution is -2.49. The molecule has 3 rings (SSSR count). The average Bonchev–Trinajstić information content (AvgIpc) is 3.11. The number of hydrogen-bond donors (Lipinski definition) is 1. The van der Waals surface area contributed by atoms with Crippen LogP contribution in [0.15, 0.2) is 0 Å². The van der Waals surface area contributed by atoms with Crippen molar-refractivity contribution in [2.75, 3.05) is 33.3 Å². The first-order valence-electron chi connectivity index (χ1n) is 7.53. The van der Waals surface area contributed by atoms with Gasteiger partial charge in [0.2, 0.25) is 5.91 Å². The van der Waals surface area contributed by atoms with Gasteiger partial charge in [0.25, 0.3) is 0 Å². The molecule has 1 saturated carbocycles. The van der Waals surface area contributed by atoms with E-state index in [0.29, 0.717) is 5.91 Å². The van der Waals surface area contributed by atoms with Crippen LogP contribution in [-0.2, 0) is 9.53 Å². The van der Waals surface area contributed by atoms with E-state index >= 15 is 0 Å². The molecular weight excluding hydrogens is 242 g/mol. The second-order valence-corrected chi connectivity index (χ2v) is 6.24. The molecule has 2 unspecified atom stereocenters. The summed E-state index contributed by atoms with van der Waals surface area (Å²) in [5.41, 5.74) is -0.194. The predicted octanol–water partition coefficient (Wildman–Crippen LogP) is 0.408. The number of nitrogens with one attached hydrogen (secondary N) is 1. The summed E-state index contributed by atoms with van der Waals surface area (Å²) in [6.07, 6.45) is 4.54. The first-order chi connectivity index (χ1) is 9.14. The standard InChI is InChI=1S/C14H25N3O2/c1-3-4-12-15-14(5-6-14)13(18)17(12)10-11-9-16(2)7-8-19-11/h11-12,15H,3-10H2,1-2H3. The van der Waals surface area contributed by atoms with E-state index in [0.717, 1.165) is 51.9 Å². The first-order valence-corrected chi connectivity index (χ1v) is 7.53. The maximum absolute atomic E-state index is 12.5. The van der Waals surface area contributed by atoms with Crippen LogP contribution in [0.3, 0.4) is 0 Å². The topological polar surface area (TPSA) is 44.8 Å². The fourth-order valence-corrected chi connectivity index (χ4v) is 3.27. The van der Waals surface area contributed by atoms with Gasteiger partial charge in [0.1, 0.15) is 0 Å². The summed E-state index contributed by atoms with van der Waals surface area (Å²) in [7, 11) is 2.12. The quantitative estimate of drug-likeness (QED) is 0.801. The second kappa shape index (κ2) is 5.04. The Kier molecular flexibility index (Phi) is 3.53. The molecular formula is C14H25N3O2. The Bertz CT molecular complexity index is 357. The maximum atomic E-state index is 12.5. The number of likely N-dealkylation sites (N-methyl/N-ethyl adjacent to an activating group) is 1. The molecule has 3 fully saturated rings. The Hall–Kier alpha value is -0.650. The van der Waals surface area contributed by atoms with Crippen LogP contribution in [0.2, 0.25) is 0 Å². The third kappa shape index (κ3) is 2.51. The van der Waals surface area contributed by atoms with Crippen LogP contribution in [0.4, 0.5) is 0 Å². The number of carbonyl (C=O) groups is 1. The van der Waals surface area contributed by atoms with Gasteiger partial charge in [-0.05, 0) is 26.3 Å². The molecule has 0 aromatic carbocycles. The summed E-state index contributed by atoms with van der Waals surface area (Å²) >= 11 is 0. The van der Waals surface area contributed by atoms with Crippen LogP contribution in [-0.4, -0.2) is 66.8 Å². The number of carbonyl (C=O) groups excluding carboxylic acids is 1. The average molecular weight is 267 g/mol. The van der Waals surface area contributed by atoms with E-state index in [-0.39, 0.29) is 17.8 Å². The highest BCUT2D eigenvalue weighted by molar-refractivity contribution is 5.91. The van der Waals surface area contributed by atoms with E-state index in [2.05, 4.69) is 24.2 Å². The van der Waals surface area contributed by atoms with Gasteiger partial charge in [0.05, 0.1) is 24.4 Å². The molecule has 2 saturated heterocycles. The molecule has 2 atom stereocenters. The second-order valence-electron chi connectivity index (χ2n) is 6.24. The highest BCUT2D eigenvalue weighted by Crippen LogP contribution is 2.42. The molecule has 5 nitrogen and oxygen atoms in total. The number of nitrogens with zero attached hydrogens (tertiary/aromatic N) is 2. The molecule has 0 bridgehead atoms. The lowest BCUT2D eigenvalue weighted by Gasteiger charge is -2.34. The zero-order valence-electron chi connectivity index (χ0n) is 12.0. The molecule has 19 heavy (non-hydrogen) atoms. The third-order valence-corrected chi connectivity index (χ3v) is 4.54. The van der Waals surface area contributed by atoms with E-state index in [1.807, 2.05) is 4.90 Å². The Labute approximate surface area is 115 Å². The van der Waals surface area contributed by atoms with Gasteiger partial charge in [0, 0.05) is 19.6 Å². The number of amides is 1. The predicted molar refractivity (Wildman–Crippen MR) is 72.7 cm³/mol. The van der Waals surface area contributed by atoms with Crippen LogP contribution in [0, 0.1) is 0 Å². The van der Waals surface area contributed by atoms with E-state index in [9.17, 15) is 4.79 Å². The van der Waals surface area contributed by atoms with Crippen molar-refractivity contribution in [3.05, 3.63) is 0 Å². The van der Waals surface area contributed by atoms with Crippen LogP contribution >= 0.6 is 0 Å². The Balaban J connectivity index is 1.65. The van der Waals surface area contributed by atoms with Crippen LogP contribution in [0.25, 0.3) is 0 Å². The normalized spacial score (nSPS) is 34.2. The molecule has 0 radical (unpaired) electrons. The zero-order chi connectivity index (χ0) is 13.5. The van der Waals surface area contributed by atoms with Crippen molar-refractivity contribution >= 4 is 5.91 Å². The molecule has 1 spiro atoms. The molecule has 2 aliphatic heterocycles. The van der Waals surface area contributed by atoms with E-state index in [4.69, 9.17) is 4.74 Å². The fourth-order valence-electron chi connectivity index (χ4n) is 3.27. The highest BCUT2D eigenvalue weighted by atomic mass is 16.5. The molecule has 5 heteroatoms. The van der Waals surface area contributed by atoms with Crippen molar-refractivity contribution in [1.82, 2.24) is 15.1 Å². The maximum Gasteiger partial charge on any atom is 0.244 e. The number of hydrogen-bond acceptors (Lipinski definition) is 4. The minimum absolute atomic E-state index is 0.165. The van der Waals surface area contributed by atoms with Crippen molar-refractivity contribution in [2.45, 2.75) is 50.4 Å². The SMILES string of the molecule is CCCC1NC2(CC2)C(=O)N1CC1CN(C)CCO1. The van der Waals surface area contributed by atoms with Crippen molar-refractivity contribution < 1.29 is 9.53 Å². The summed E-state index contributed by atoms with van der Waals surface area (Å²) < 4.78 is 5.81. The molecule has 1 amide bonds. The van der Waals surface area contributed by atoms with Crippen molar-refractivity contribution in [2.24, 2.45) is 0 Å². The van der Waals surface area contributed by atoms with Crippen molar-refractivity contribution in [3.63, 3.8) is 0 Å². The third-order valence-electron chi connectivity index (χ3n) is 4.54. The number of ether oxygens (including phenoxy) is 1.